The molecule has 0 amide bonds. The number of ether oxygens (including phenoxy) is 3. The Kier molecular flexibility index (Phi) is 7.95. The smallest absolute Gasteiger partial charge is 0.338 e. The Balaban J connectivity index is 1.83. The SMILES string of the molecule is C#CCOc1ccc(/C=c2/sc3n(c2=O)[C@@H](c2ccc(OCC)cc2)C(C(=O)OC(C)C)=C(C)N=3)cc1. The molecule has 1 aliphatic rings. The van der Waals surface area contributed by atoms with Crippen LogP contribution >= 0.6 is 11.3 Å². The summed E-state index contributed by atoms with van der Waals surface area (Å²) < 4.78 is 18.6. The van der Waals surface area contributed by atoms with E-state index in [4.69, 9.17) is 20.6 Å². The average molecular weight is 517 g/mol. The van der Waals surface area contributed by atoms with Crippen LogP contribution in [0.4, 0.5) is 0 Å². The zero-order valence-corrected chi connectivity index (χ0v) is 22.0. The second-order valence-corrected chi connectivity index (χ2v) is 9.61. The number of hydrogen-bond donors (Lipinski definition) is 0. The Labute approximate surface area is 219 Å². The molecule has 0 saturated heterocycles. The summed E-state index contributed by atoms with van der Waals surface area (Å²) in [5, 5.41) is 0. The lowest BCUT2D eigenvalue weighted by Crippen LogP contribution is -2.40. The highest BCUT2D eigenvalue weighted by Crippen LogP contribution is 2.32. The predicted octanol–water partition coefficient (Wildman–Crippen LogP) is 3.60. The minimum absolute atomic E-state index is 0.185. The van der Waals surface area contributed by atoms with Crippen molar-refractivity contribution in [3.63, 3.8) is 0 Å². The lowest BCUT2D eigenvalue weighted by Gasteiger charge is -2.25. The van der Waals surface area contributed by atoms with Crippen LogP contribution in [0.25, 0.3) is 6.08 Å². The molecule has 0 saturated carbocycles. The second kappa shape index (κ2) is 11.3. The zero-order valence-electron chi connectivity index (χ0n) is 21.2. The molecule has 37 heavy (non-hydrogen) atoms. The van der Waals surface area contributed by atoms with Crippen LogP contribution in [0, 0.1) is 12.3 Å². The van der Waals surface area contributed by atoms with Gasteiger partial charge in [0.2, 0.25) is 0 Å². The van der Waals surface area contributed by atoms with Gasteiger partial charge in [0.1, 0.15) is 18.1 Å². The summed E-state index contributed by atoms with van der Waals surface area (Å²) in [5.74, 6) is 3.30. The first kappa shape index (κ1) is 26.0. The zero-order chi connectivity index (χ0) is 26.5. The van der Waals surface area contributed by atoms with Gasteiger partial charge in [-0.3, -0.25) is 9.36 Å². The highest BCUT2D eigenvalue weighted by Gasteiger charge is 2.33. The summed E-state index contributed by atoms with van der Waals surface area (Å²) in [4.78, 5) is 32.0. The largest absolute Gasteiger partial charge is 0.494 e. The fraction of sp³-hybridized carbons (Fsp3) is 0.276. The third-order valence-electron chi connectivity index (χ3n) is 5.59. The Morgan fingerprint density at radius 2 is 1.78 bits per heavy atom. The molecule has 1 aliphatic heterocycles. The normalized spacial score (nSPS) is 15.1. The molecule has 0 spiro atoms. The van der Waals surface area contributed by atoms with Gasteiger partial charge in [0.05, 0.1) is 34.6 Å². The van der Waals surface area contributed by atoms with Crippen molar-refractivity contribution in [3.8, 4) is 23.8 Å². The minimum atomic E-state index is -0.681. The van der Waals surface area contributed by atoms with E-state index in [0.29, 0.717) is 38.7 Å². The number of carbonyl (C=O) groups excluding carboxylic acids is 1. The van der Waals surface area contributed by atoms with E-state index >= 15 is 0 Å². The van der Waals surface area contributed by atoms with Crippen molar-refractivity contribution in [2.24, 2.45) is 4.99 Å². The highest BCUT2D eigenvalue weighted by atomic mass is 32.1. The number of allylic oxidation sites excluding steroid dienone is 1. The molecule has 0 radical (unpaired) electrons. The van der Waals surface area contributed by atoms with Gasteiger partial charge in [-0.25, -0.2) is 9.79 Å². The van der Waals surface area contributed by atoms with Crippen molar-refractivity contribution >= 4 is 23.4 Å². The predicted molar refractivity (Wildman–Crippen MR) is 143 cm³/mol. The number of thiazole rings is 1. The van der Waals surface area contributed by atoms with Crippen LogP contribution in [0.1, 0.15) is 44.9 Å². The number of esters is 1. The van der Waals surface area contributed by atoms with Gasteiger partial charge in [0.25, 0.3) is 5.56 Å². The topological polar surface area (TPSA) is 79.1 Å². The fourth-order valence-electron chi connectivity index (χ4n) is 4.03. The lowest BCUT2D eigenvalue weighted by molar-refractivity contribution is -0.143. The van der Waals surface area contributed by atoms with Crippen molar-refractivity contribution in [2.75, 3.05) is 13.2 Å². The van der Waals surface area contributed by atoms with E-state index in [1.807, 2.05) is 43.3 Å². The summed E-state index contributed by atoms with van der Waals surface area (Å²) >= 11 is 1.28. The first-order valence-electron chi connectivity index (χ1n) is 11.9. The molecule has 8 heteroatoms. The van der Waals surface area contributed by atoms with E-state index in [9.17, 15) is 9.59 Å². The van der Waals surface area contributed by atoms with Crippen LogP contribution in [0.5, 0.6) is 11.5 Å². The van der Waals surface area contributed by atoms with Gasteiger partial charge in [0, 0.05) is 0 Å². The minimum Gasteiger partial charge on any atom is -0.494 e. The number of hydrogen-bond acceptors (Lipinski definition) is 7. The summed E-state index contributed by atoms with van der Waals surface area (Å²) in [6.45, 7) is 7.98. The molecule has 0 N–H and O–H groups in total. The maximum atomic E-state index is 13.7. The van der Waals surface area contributed by atoms with Crippen molar-refractivity contribution in [2.45, 2.75) is 39.8 Å². The molecule has 4 rings (SSSR count). The molecule has 0 aliphatic carbocycles. The Hall–Kier alpha value is -4.09. The van der Waals surface area contributed by atoms with Gasteiger partial charge in [-0.15, -0.1) is 6.42 Å². The van der Waals surface area contributed by atoms with E-state index in [2.05, 4.69) is 10.9 Å². The third-order valence-corrected chi connectivity index (χ3v) is 6.57. The van der Waals surface area contributed by atoms with Crippen LogP contribution in [0.3, 0.4) is 0 Å². The first-order valence-corrected chi connectivity index (χ1v) is 12.8. The van der Waals surface area contributed by atoms with Crippen LogP contribution in [0.15, 0.2) is 69.6 Å². The third kappa shape index (κ3) is 5.68. The van der Waals surface area contributed by atoms with Crippen molar-refractivity contribution < 1.29 is 19.0 Å². The van der Waals surface area contributed by atoms with Gasteiger partial charge < -0.3 is 14.2 Å². The Morgan fingerprint density at radius 1 is 1.14 bits per heavy atom. The number of benzene rings is 2. The molecule has 1 aromatic heterocycles. The van der Waals surface area contributed by atoms with Gasteiger partial charge in [-0.2, -0.15) is 0 Å². The molecule has 0 bridgehead atoms. The van der Waals surface area contributed by atoms with E-state index in [1.54, 1.807) is 43.5 Å². The van der Waals surface area contributed by atoms with Crippen LogP contribution < -0.4 is 24.4 Å². The van der Waals surface area contributed by atoms with Gasteiger partial charge in [0.15, 0.2) is 4.80 Å². The Bertz CT molecular complexity index is 1540. The van der Waals surface area contributed by atoms with Crippen molar-refractivity contribution in [3.05, 3.63) is 90.6 Å². The molecule has 3 aromatic rings. The first-order chi connectivity index (χ1) is 17.8. The van der Waals surface area contributed by atoms with E-state index in [0.717, 1.165) is 11.1 Å². The molecular weight excluding hydrogens is 488 g/mol. The molecule has 0 fully saturated rings. The molecule has 2 aromatic carbocycles. The molecule has 2 heterocycles. The monoisotopic (exact) mass is 516 g/mol. The number of carbonyl (C=O) groups is 1. The Morgan fingerprint density at radius 3 is 2.41 bits per heavy atom. The number of aromatic nitrogens is 1. The summed E-state index contributed by atoms with van der Waals surface area (Å²) in [5.41, 5.74) is 2.21. The van der Waals surface area contributed by atoms with Crippen LogP contribution in [-0.2, 0) is 9.53 Å². The summed E-state index contributed by atoms with van der Waals surface area (Å²) in [6, 6.07) is 14.0. The van der Waals surface area contributed by atoms with Crippen LogP contribution in [-0.4, -0.2) is 29.9 Å². The van der Waals surface area contributed by atoms with Crippen molar-refractivity contribution in [1.82, 2.24) is 4.57 Å². The van der Waals surface area contributed by atoms with Gasteiger partial charge in [-0.05, 0) is 69.2 Å². The van der Waals surface area contributed by atoms with Crippen molar-refractivity contribution in [1.29, 1.82) is 0 Å². The standard InChI is InChI=1S/C29H28N2O5S/c1-6-16-35-23-12-8-20(9-13-23)17-24-27(32)31-26(21-10-14-22(15-11-21)34-7-2)25(28(33)36-18(3)4)19(5)30-29(31)37-24/h1,8-15,17-18,26H,7,16H2,2-5H3/b24-17+/t26-/m0/s1. The molecule has 0 unspecified atom stereocenters. The van der Waals surface area contributed by atoms with E-state index in [-0.39, 0.29) is 18.3 Å². The van der Waals surface area contributed by atoms with Crippen LogP contribution in [0.2, 0.25) is 0 Å². The van der Waals surface area contributed by atoms with E-state index < -0.39 is 12.0 Å². The summed E-state index contributed by atoms with van der Waals surface area (Å²) in [6.07, 6.45) is 6.73. The maximum Gasteiger partial charge on any atom is 0.338 e. The molecule has 7 nitrogen and oxygen atoms in total. The van der Waals surface area contributed by atoms with Gasteiger partial charge >= 0.3 is 5.97 Å². The fourth-order valence-corrected chi connectivity index (χ4v) is 5.07. The maximum absolute atomic E-state index is 13.7. The lowest BCUT2D eigenvalue weighted by atomic mass is 9.96. The molecule has 1 atom stereocenters. The average Bonchev–Trinajstić information content (AvgIpc) is 3.17. The van der Waals surface area contributed by atoms with Gasteiger partial charge in [-0.1, -0.05) is 41.5 Å². The number of fused-ring (bicyclic) bond motifs is 1. The second-order valence-electron chi connectivity index (χ2n) is 8.60. The quantitative estimate of drug-likeness (QED) is 0.338. The van der Waals surface area contributed by atoms with E-state index in [1.165, 1.54) is 11.3 Å². The molecular formula is C29H28N2O5S. The number of terminal acetylenes is 1. The summed E-state index contributed by atoms with van der Waals surface area (Å²) in [7, 11) is 0. The number of nitrogens with zero attached hydrogens (tertiary/aromatic N) is 2. The number of rotatable bonds is 8. The molecule has 190 valence electrons. The highest BCUT2D eigenvalue weighted by molar-refractivity contribution is 7.07.